The van der Waals surface area contributed by atoms with Crippen LogP contribution in [0.1, 0.15) is 51.0 Å². The number of aliphatic hydroxyl groups excluding tert-OH is 1. The van der Waals surface area contributed by atoms with Crippen LogP contribution in [0.5, 0.6) is 0 Å². The van der Waals surface area contributed by atoms with E-state index in [9.17, 15) is 5.11 Å². The van der Waals surface area contributed by atoms with Crippen LogP contribution in [-0.2, 0) is 6.54 Å². The van der Waals surface area contributed by atoms with E-state index in [0.717, 1.165) is 37.3 Å². The zero-order valence-electron chi connectivity index (χ0n) is 11.6. The number of aliphatic hydroxyl groups is 1. The smallest absolute Gasteiger partial charge is 0.150 e. The molecule has 1 aromatic heterocycles. The Bertz CT molecular complexity index is 376. The van der Waals surface area contributed by atoms with Crippen molar-refractivity contribution >= 4 is 0 Å². The molecule has 1 saturated carbocycles. The summed E-state index contributed by atoms with van der Waals surface area (Å²) in [5, 5.41) is 14.1. The molecule has 0 saturated heterocycles. The van der Waals surface area contributed by atoms with Gasteiger partial charge in [0.1, 0.15) is 0 Å². The van der Waals surface area contributed by atoms with Crippen molar-refractivity contribution in [3.05, 3.63) is 17.5 Å². The fourth-order valence-corrected chi connectivity index (χ4v) is 2.83. The van der Waals surface area contributed by atoms with E-state index in [0.29, 0.717) is 6.04 Å². The Kier molecular flexibility index (Phi) is 4.40. The fourth-order valence-electron chi connectivity index (χ4n) is 2.83. The molecule has 1 heterocycles. The summed E-state index contributed by atoms with van der Waals surface area (Å²) < 4.78 is 5.30. The SMILES string of the molecule is Cc1cc(CN(C(C)C)[C@H]2CCCC[C@@H]2O)on1. The highest BCUT2D eigenvalue weighted by Gasteiger charge is 2.30. The van der Waals surface area contributed by atoms with Crippen LogP contribution < -0.4 is 0 Å². The maximum atomic E-state index is 10.2. The molecule has 1 fully saturated rings. The van der Waals surface area contributed by atoms with Gasteiger partial charge in [0, 0.05) is 18.2 Å². The average molecular weight is 252 g/mol. The fraction of sp³-hybridized carbons (Fsp3) is 0.786. The predicted molar refractivity (Wildman–Crippen MR) is 70.2 cm³/mol. The van der Waals surface area contributed by atoms with Gasteiger partial charge >= 0.3 is 0 Å². The van der Waals surface area contributed by atoms with E-state index in [-0.39, 0.29) is 12.1 Å². The van der Waals surface area contributed by atoms with Crippen molar-refractivity contribution in [2.45, 2.75) is 71.2 Å². The summed E-state index contributed by atoms with van der Waals surface area (Å²) in [6, 6.07) is 2.63. The first-order valence-corrected chi connectivity index (χ1v) is 6.94. The number of aromatic nitrogens is 1. The second-order valence-corrected chi connectivity index (χ2v) is 5.62. The van der Waals surface area contributed by atoms with Gasteiger partial charge in [-0.1, -0.05) is 18.0 Å². The monoisotopic (exact) mass is 252 g/mol. The zero-order valence-corrected chi connectivity index (χ0v) is 11.6. The van der Waals surface area contributed by atoms with Gasteiger partial charge in [-0.2, -0.15) is 0 Å². The summed E-state index contributed by atoms with van der Waals surface area (Å²) in [4.78, 5) is 2.34. The van der Waals surface area contributed by atoms with E-state index in [1.165, 1.54) is 6.42 Å². The second kappa shape index (κ2) is 5.85. The molecule has 4 heteroatoms. The quantitative estimate of drug-likeness (QED) is 0.894. The first-order valence-electron chi connectivity index (χ1n) is 6.94. The second-order valence-electron chi connectivity index (χ2n) is 5.62. The largest absolute Gasteiger partial charge is 0.391 e. The molecule has 1 N–H and O–H groups in total. The Morgan fingerprint density at radius 2 is 2.17 bits per heavy atom. The van der Waals surface area contributed by atoms with Crippen LogP contribution >= 0.6 is 0 Å². The minimum atomic E-state index is -0.204. The highest BCUT2D eigenvalue weighted by Crippen LogP contribution is 2.26. The molecule has 0 spiro atoms. The van der Waals surface area contributed by atoms with Gasteiger partial charge in [-0.3, -0.25) is 4.90 Å². The zero-order chi connectivity index (χ0) is 13.1. The van der Waals surface area contributed by atoms with E-state index in [1.54, 1.807) is 0 Å². The predicted octanol–water partition coefficient (Wildman–Crippen LogP) is 2.50. The highest BCUT2D eigenvalue weighted by molar-refractivity contribution is 5.03. The normalized spacial score (nSPS) is 25.0. The topological polar surface area (TPSA) is 49.5 Å². The van der Waals surface area contributed by atoms with Gasteiger partial charge in [0.25, 0.3) is 0 Å². The lowest BCUT2D eigenvalue weighted by Gasteiger charge is -2.39. The molecule has 1 aromatic rings. The van der Waals surface area contributed by atoms with Gasteiger partial charge in [0.15, 0.2) is 5.76 Å². The summed E-state index contributed by atoms with van der Waals surface area (Å²) in [5.41, 5.74) is 0.915. The third-order valence-electron chi connectivity index (χ3n) is 3.80. The van der Waals surface area contributed by atoms with Crippen molar-refractivity contribution in [1.82, 2.24) is 10.1 Å². The van der Waals surface area contributed by atoms with Crippen molar-refractivity contribution in [1.29, 1.82) is 0 Å². The van der Waals surface area contributed by atoms with E-state index in [1.807, 2.05) is 13.0 Å². The molecule has 0 amide bonds. The molecule has 102 valence electrons. The van der Waals surface area contributed by atoms with Crippen LogP contribution in [0.15, 0.2) is 10.6 Å². The molecule has 4 nitrogen and oxygen atoms in total. The van der Waals surface area contributed by atoms with Crippen molar-refractivity contribution in [3.63, 3.8) is 0 Å². The Labute approximate surface area is 109 Å². The minimum Gasteiger partial charge on any atom is -0.391 e. The Hall–Kier alpha value is -0.870. The molecule has 0 bridgehead atoms. The molecule has 1 aliphatic rings. The van der Waals surface area contributed by atoms with Crippen molar-refractivity contribution in [2.75, 3.05) is 0 Å². The van der Waals surface area contributed by atoms with Crippen LogP contribution in [0.3, 0.4) is 0 Å². The van der Waals surface area contributed by atoms with Crippen molar-refractivity contribution < 1.29 is 9.63 Å². The van der Waals surface area contributed by atoms with Crippen molar-refractivity contribution in [3.8, 4) is 0 Å². The first-order chi connectivity index (χ1) is 8.58. The van der Waals surface area contributed by atoms with E-state index < -0.39 is 0 Å². The van der Waals surface area contributed by atoms with Crippen LogP contribution in [-0.4, -0.2) is 33.4 Å². The van der Waals surface area contributed by atoms with Gasteiger partial charge in [-0.25, -0.2) is 0 Å². The molecule has 1 aliphatic carbocycles. The molecule has 2 atom stereocenters. The van der Waals surface area contributed by atoms with Gasteiger partial charge in [-0.05, 0) is 33.6 Å². The number of aryl methyl sites for hydroxylation is 1. The van der Waals surface area contributed by atoms with Gasteiger partial charge < -0.3 is 9.63 Å². The minimum absolute atomic E-state index is 0.204. The van der Waals surface area contributed by atoms with Gasteiger partial charge in [-0.15, -0.1) is 0 Å². The average Bonchev–Trinajstić information content (AvgIpc) is 2.73. The number of nitrogens with zero attached hydrogens (tertiary/aromatic N) is 2. The molecular formula is C14H24N2O2. The molecule has 0 unspecified atom stereocenters. The number of hydrogen-bond acceptors (Lipinski definition) is 4. The van der Waals surface area contributed by atoms with Gasteiger partial charge in [0.2, 0.25) is 0 Å². The van der Waals surface area contributed by atoms with Crippen LogP contribution in [0.4, 0.5) is 0 Å². The maximum absolute atomic E-state index is 10.2. The van der Waals surface area contributed by atoms with Gasteiger partial charge in [0.05, 0.1) is 18.3 Å². The molecule has 2 rings (SSSR count). The standard InChI is InChI=1S/C14H24N2O2/c1-10(2)16(9-12-8-11(3)15-18-12)13-6-4-5-7-14(13)17/h8,10,13-14,17H,4-7,9H2,1-3H3/t13-,14-/m0/s1. The van der Waals surface area contributed by atoms with Crippen LogP contribution in [0, 0.1) is 6.92 Å². The van der Waals surface area contributed by atoms with Crippen LogP contribution in [0.2, 0.25) is 0 Å². The summed E-state index contributed by atoms with van der Waals surface area (Å²) in [7, 11) is 0. The third-order valence-corrected chi connectivity index (χ3v) is 3.80. The summed E-state index contributed by atoms with van der Waals surface area (Å²) in [5.74, 6) is 0.888. The summed E-state index contributed by atoms with van der Waals surface area (Å²) in [6.45, 7) is 7.01. The Balaban J connectivity index is 2.07. The Morgan fingerprint density at radius 3 is 2.72 bits per heavy atom. The molecular weight excluding hydrogens is 228 g/mol. The molecule has 0 aromatic carbocycles. The molecule has 0 radical (unpaired) electrons. The first kappa shape index (κ1) is 13.6. The number of rotatable bonds is 4. The van der Waals surface area contributed by atoms with E-state index in [4.69, 9.17) is 4.52 Å². The van der Waals surface area contributed by atoms with E-state index in [2.05, 4.69) is 23.9 Å². The molecule has 0 aliphatic heterocycles. The van der Waals surface area contributed by atoms with Crippen LogP contribution in [0.25, 0.3) is 0 Å². The lowest BCUT2D eigenvalue weighted by Crippen LogP contribution is -2.48. The van der Waals surface area contributed by atoms with Crippen molar-refractivity contribution in [2.24, 2.45) is 0 Å². The Morgan fingerprint density at radius 1 is 1.44 bits per heavy atom. The maximum Gasteiger partial charge on any atom is 0.150 e. The van der Waals surface area contributed by atoms with E-state index >= 15 is 0 Å². The lowest BCUT2D eigenvalue weighted by molar-refractivity contribution is -0.00339. The highest BCUT2D eigenvalue weighted by atomic mass is 16.5. The third kappa shape index (κ3) is 3.12. The summed E-state index contributed by atoms with van der Waals surface area (Å²) >= 11 is 0. The lowest BCUT2D eigenvalue weighted by atomic mass is 9.90. The summed E-state index contributed by atoms with van der Waals surface area (Å²) in [6.07, 6.45) is 4.14. The number of hydrogen-bond donors (Lipinski definition) is 1. The molecule has 18 heavy (non-hydrogen) atoms.